The number of hydrogen-bond acceptors (Lipinski definition) is 2. The summed E-state index contributed by atoms with van der Waals surface area (Å²) in [5, 5.41) is 6.73. The summed E-state index contributed by atoms with van der Waals surface area (Å²) in [6, 6.07) is 9.18. The summed E-state index contributed by atoms with van der Waals surface area (Å²) >= 11 is 0. The predicted octanol–water partition coefficient (Wildman–Crippen LogP) is 2.20. The van der Waals surface area contributed by atoms with E-state index in [1.54, 1.807) is 0 Å². The van der Waals surface area contributed by atoms with Gasteiger partial charge < -0.3 is 0 Å². The molecule has 2 aliphatic heterocycles. The van der Waals surface area contributed by atoms with E-state index in [2.05, 4.69) is 41.3 Å². The first-order chi connectivity index (χ1) is 6.34. The molecule has 2 heterocycles. The summed E-state index contributed by atoms with van der Waals surface area (Å²) < 4.78 is 0. The lowest BCUT2D eigenvalue weighted by Gasteiger charge is -2.13. The van der Waals surface area contributed by atoms with Crippen LogP contribution in [-0.4, -0.2) is 11.8 Å². The van der Waals surface area contributed by atoms with Crippen molar-refractivity contribution in [1.29, 1.82) is 0 Å². The van der Waals surface area contributed by atoms with Crippen LogP contribution in [0.25, 0.3) is 0 Å². The summed E-state index contributed by atoms with van der Waals surface area (Å²) in [5.41, 5.74) is 4.02. The molecule has 0 bridgehead atoms. The van der Waals surface area contributed by atoms with Gasteiger partial charge in [-0.05, 0) is 25.0 Å². The van der Waals surface area contributed by atoms with Gasteiger partial charge in [-0.25, -0.2) is 0 Å². The minimum atomic E-state index is 0.609. The predicted molar refractivity (Wildman–Crippen MR) is 54.1 cm³/mol. The van der Waals surface area contributed by atoms with Gasteiger partial charge in [-0.15, -0.1) is 0 Å². The lowest BCUT2D eigenvalue weighted by molar-refractivity contribution is 0.704. The average Bonchev–Trinajstić information content (AvgIpc) is 2.60. The van der Waals surface area contributed by atoms with Crippen LogP contribution in [0.4, 0.5) is 5.69 Å². The van der Waals surface area contributed by atoms with E-state index in [4.69, 9.17) is 0 Å². The molecule has 0 N–H and O–H groups in total. The topological polar surface area (TPSA) is 15.6 Å². The van der Waals surface area contributed by atoms with Crippen molar-refractivity contribution in [2.45, 2.75) is 25.8 Å². The van der Waals surface area contributed by atoms with Crippen molar-refractivity contribution in [3.63, 3.8) is 0 Å². The van der Waals surface area contributed by atoms with E-state index >= 15 is 0 Å². The molecule has 0 amide bonds. The van der Waals surface area contributed by atoms with Gasteiger partial charge in [0.1, 0.15) is 0 Å². The third kappa shape index (κ3) is 0.916. The van der Waals surface area contributed by atoms with Gasteiger partial charge in [0.25, 0.3) is 0 Å². The second kappa shape index (κ2) is 2.34. The zero-order chi connectivity index (χ0) is 8.84. The monoisotopic (exact) mass is 172 g/mol. The molecule has 1 aromatic rings. The molecule has 0 saturated carbocycles. The van der Waals surface area contributed by atoms with Crippen LogP contribution in [0.3, 0.4) is 0 Å². The molecule has 2 aliphatic rings. The molecule has 0 aromatic heterocycles. The number of rotatable bonds is 0. The molecule has 1 aromatic carbocycles. The number of hydrogen-bond donors (Lipinski definition) is 0. The van der Waals surface area contributed by atoms with Crippen molar-refractivity contribution < 1.29 is 0 Å². The molecule has 66 valence electrons. The van der Waals surface area contributed by atoms with Crippen molar-refractivity contribution in [2.75, 3.05) is 5.01 Å². The Bertz CT molecular complexity index is 381. The Morgan fingerprint density at radius 2 is 2.15 bits per heavy atom. The molecule has 1 atom stereocenters. The Morgan fingerprint density at radius 1 is 1.31 bits per heavy atom. The van der Waals surface area contributed by atoms with E-state index < -0.39 is 0 Å². The first-order valence-corrected chi connectivity index (χ1v) is 4.76. The number of hydrazone groups is 1. The fourth-order valence-corrected chi connectivity index (χ4v) is 2.30. The molecular weight excluding hydrogens is 160 g/mol. The Hall–Kier alpha value is -1.31. The van der Waals surface area contributed by atoms with Gasteiger partial charge in [-0.1, -0.05) is 18.2 Å². The fourth-order valence-electron chi connectivity index (χ4n) is 2.30. The van der Waals surface area contributed by atoms with Gasteiger partial charge in [0, 0.05) is 12.1 Å². The third-order valence-electron chi connectivity index (χ3n) is 2.85. The maximum absolute atomic E-state index is 4.54. The van der Waals surface area contributed by atoms with Crippen LogP contribution < -0.4 is 5.01 Å². The molecule has 3 rings (SSSR count). The second-order valence-electron chi connectivity index (χ2n) is 3.87. The molecule has 0 radical (unpaired) electrons. The highest BCUT2D eigenvalue weighted by molar-refractivity contribution is 5.87. The number of nitrogens with zero attached hydrogens (tertiary/aromatic N) is 2. The lowest BCUT2D eigenvalue weighted by Crippen LogP contribution is -2.21. The SMILES string of the molecule is CC1=NN2c3ccccc3CC2C1. The van der Waals surface area contributed by atoms with E-state index in [0.29, 0.717) is 6.04 Å². The third-order valence-corrected chi connectivity index (χ3v) is 2.85. The maximum atomic E-state index is 4.54. The summed E-state index contributed by atoms with van der Waals surface area (Å²) in [7, 11) is 0. The number of benzene rings is 1. The van der Waals surface area contributed by atoms with Gasteiger partial charge >= 0.3 is 0 Å². The highest BCUT2D eigenvalue weighted by Crippen LogP contribution is 2.36. The first-order valence-electron chi connectivity index (χ1n) is 4.76. The van der Waals surface area contributed by atoms with Crippen molar-refractivity contribution in [3.8, 4) is 0 Å². The lowest BCUT2D eigenvalue weighted by atomic mass is 10.1. The highest BCUT2D eigenvalue weighted by Gasteiger charge is 2.33. The molecule has 0 fully saturated rings. The van der Waals surface area contributed by atoms with Crippen LogP contribution in [0.15, 0.2) is 29.4 Å². The van der Waals surface area contributed by atoms with Crippen LogP contribution in [0, 0.1) is 0 Å². The average molecular weight is 172 g/mol. The van der Waals surface area contributed by atoms with Crippen LogP contribution in [0.5, 0.6) is 0 Å². The van der Waals surface area contributed by atoms with Crippen molar-refractivity contribution in [2.24, 2.45) is 5.10 Å². The Labute approximate surface area is 77.9 Å². The molecule has 0 spiro atoms. The first kappa shape index (κ1) is 7.13. The van der Waals surface area contributed by atoms with E-state index in [-0.39, 0.29) is 0 Å². The molecule has 2 heteroatoms. The van der Waals surface area contributed by atoms with E-state index in [0.717, 1.165) is 12.8 Å². The minimum Gasteiger partial charge on any atom is -0.262 e. The summed E-state index contributed by atoms with van der Waals surface area (Å²) in [6.07, 6.45) is 2.30. The van der Waals surface area contributed by atoms with Crippen LogP contribution >= 0.6 is 0 Å². The zero-order valence-electron chi connectivity index (χ0n) is 7.70. The molecule has 1 unspecified atom stereocenters. The molecular formula is C11H12N2. The Morgan fingerprint density at radius 3 is 3.08 bits per heavy atom. The van der Waals surface area contributed by atoms with E-state index in [1.165, 1.54) is 17.0 Å². The molecule has 0 saturated heterocycles. The smallest absolute Gasteiger partial charge is 0.0630 e. The van der Waals surface area contributed by atoms with E-state index in [1.807, 2.05) is 0 Å². The summed E-state index contributed by atoms with van der Waals surface area (Å²) in [5.74, 6) is 0. The van der Waals surface area contributed by atoms with Crippen molar-refractivity contribution >= 4 is 11.4 Å². The quantitative estimate of drug-likeness (QED) is 0.585. The Balaban J connectivity index is 2.10. The summed E-state index contributed by atoms with van der Waals surface area (Å²) in [4.78, 5) is 0. The molecule has 0 aliphatic carbocycles. The largest absolute Gasteiger partial charge is 0.262 e. The Kier molecular flexibility index (Phi) is 1.29. The van der Waals surface area contributed by atoms with Gasteiger partial charge in [-0.3, -0.25) is 5.01 Å². The number of fused-ring (bicyclic) bond motifs is 3. The maximum Gasteiger partial charge on any atom is 0.0630 e. The van der Waals surface area contributed by atoms with Crippen LogP contribution in [0.2, 0.25) is 0 Å². The number of anilines is 1. The van der Waals surface area contributed by atoms with Crippen LogP contribution in [-0.2, 0) is 6.42 Å². The van der Waals surface area contributed by atoms with Gasteiger partial charge in [-0.2, -0.15) is 5.10 Å². The molecule has 2 nitrogen and oxygen atoms in total. The second-order valence-corrected chi connectivity index (χ2v) is 3.87. The minimum absolute atomic E-state index is 0.609. The van der Waals surface area contributed by atoms with Gasteiger partial charge in [0.05, 0.1) is 11.7 Å². The van der Waals surface area contributed by atoms with Crippen LogP contribution in [0.1, 0.15) is 18.9 Å². The van der Waals surface area contributed by atoms with Gasteiger partial charge in [0.15, 0.2) is 0 Å². The standard InChI is InChI=1S/C11H12N2/c1-8-6-10-7-9-4-2-3-5-11(9)13(10)12-8/h2-5,10H,6-7H2,1H3. The number of para-hydroxylation sites is 1. The summed E-state index contributed by atoms with van der Waals surface area (Å²) in [6.45, 7) is 2.11. The molecule has 13 heavy (non-hydrogen) atoms. The zero-order valence-corrected chi connectivity index (χ0v) is 7.70. The van der Waals surface area contributed by atoms with Crippen molar-refractivity contribution in [3.05, 3.63) is 29.8 Å². The van der Waals surface area contributed by atoms with Gasteiger partial charge in [0.2, 0.25) is 0 Å². The highest BCUT2D eigenvalue weighted by atomic mass is 15.5. The van der Waals surface area contributed by atoms with E-state index in [9.17, 15) is 0 Å². The van der Waals surface area contributed by atoms with Crippen molar-refractivity contribution in [1.82, 2.24) is 0 Å². The normalized spacial score (nSPS) is 24.2. The fraction of sp³-hybridized carbons (Fsp3) is 0.364.